The molecule has 1 fully saturated rings. The molecule has 33 heavy (non-hydrogen) atoms. The first-order valence-corrected chi connectivity index (χ1v) is 13.6. The fourth-order valence-electron chi connectivity index (χ4n) is 5.29. The number of ether oxygens (including phenoxy) is 3. The maximum atomic E-state index is 12.2. The van der Waals surface area contributed by atoms with E-state index in [-0.39, 0.29) is 11.5 Å². The van der Waals surface area contributed by atoms with E-state index in [0.717, 1.165) is 10.4 Å². The number of rotatable bonds is 7. The van der Waals surface area contributed by atoms with Crippen molar-refractivity contribution in [3.8, 4) is 0 Å². The van der Waals surface area contributed by atoms with Gasteiger partial charge in [0.2, 0.25) is 0 Å². The number of hydrogen-bond acceptors (Lipinski definition) is 6. The van der Waals surface area contributed by atoms with Crippen molar-refractivity contribution in [2.24, 2.45) is 5.92 Å². The summed E-state index contributed by atoms with van der Waals surface area (Å²) >= 11 is 0. The van der Waals surface area contributed by atoms with Crippen LogP contribution in [0.15, 0.2) is 60.7 Å². The van der Waals surface area contributed by atoms with Gasteiger partial charge in [0.25, 0.3) is 0 Å². The molecule has 0 N–H and O–H groups in total. The van der Waals surface area contributed by atoms with Crippen molar-refractivity contribution in [3.05, 3.63) is 60.7 Å². The molecule has 0 saturated carbocycles. The molecule has 7 heteroatoms. The van der Waals surface area contributed by atoms with Crippen LogP contribution >= 0.6 is 0 Å². The SMILES string of the molecule is CC(=O)O[C@@H]1[C@@H]([C@H](OC(C)=O)C(C)C)[Si](c2ccccc2)(c2ccccc2)C[C@@H]1OC(C)=O. The van der Waals surface area contributed by atoms with E-state index in [1.807, 2.05) is 50.2 Å². The predicted molar refractivity (Wildman–Crippen MR) is 128 cm³/mol. The van der Waals surface area contributed by atoms with Crippen molar-refractivity contribution in [2.75, 3.05) is 0 Å². The molecule has 1 saturated heterocycles. The van der Waals surface area contributed by atoms with Crippen LogP contribution in [0.3, 0.4) is 0 Å². The number of hydrogen-bond donors (Lipinski definition) is 0. The van der Waals surface area contributed by atoms with Gasteiger partial charge in [0.15, 0.2) is 0 Å². The highest BCUT2D eigenvalue weighted by molar-refractivity contribution is 7.04. The average Bonchev–Trinajstić information content (AvgIpc) is 3.06. The predicted octanol–water partition coefficient (Wildman–Crippen LogP) is 3.08. The average molecular weight is 469 g/mol. The summed E-state index contributed by atoms with van der Waals surface area (Å²) in [6.07, 6.45) is -1.90. The minimum Gasteiger partial charge on any atom is -0.462 e. The lowest BCUT2D eigenvalue weighted by atomic mass is 9.98. The fraction of sp³-hybridized carbons (Fsp3) is 0.423. The summed E-state index contributed by atoms with van der Waals surface area (Å²) in [6.45, 7) is 8.09. The zero-order valence-corrected chi connectivity index (χ0v) is 20.8. The summed E-state index contributed by atoms with van der Waals surface area (Å²) in [7, 11) is -2.80. The highest BCUT2D eigenvalue weighted by Crippen LogP contribution is 2.47. The lowest BCUT2D eigenvalue weighted by molar-refractivity contribution is -0.167. The van der Waals surface area contributed by atoms with Gasteiger partial charge in [0.05, 0.1) is 0 Å². The Morgan fingerprint density at radius 3 is 1.67 bits per heavy atom. The van der Waals surface area contributed by atoms with E-state index < -0.39 is 44.3 Å². The molecule has 0 spiro atoms. The van der Waals surface area contributed by atoms with Gasteiger partial charge in [0.1, 0.15) is 26.4 Å². The topological polar surface area (TPSA) is 78.9 Å². The third kappa shape index (κ3) is 5.19. The summed E-state index contributed by atoms with van der Waals surface area (Å²) in [5.41, 5.74) is -0.348. The molecule has 1 aliphatic heterocycles. The van der Waals surface area contributed by atoms with Crippen LogP contribution in [-0.4, -0.2) is 44.3 Å². The van der Waals surface area contributed by atoms with E-state index in [2.05, 4.69) is 24.3 Å². The number of carbonyl (C=O) groups excluding carboxylic acids is 3. The monoisotopic (exact) mass is 468 g/mol. The molecule has 1 aliphatic rings. The van der Waals surface area contributed by atoms with Crippen molar-refractivity contribution < 1.29 is 28.6 Å². The molecule has 0 bridgehead atoms. The Balaban J connectivity index is 2.34. The van der Waals surface area contributed by atoms with Gasteiger partial charge in [-0.25, -0.2) is 0 Å². The highest BCUT2D eigenvalue weighted by atomic mass is 28.3. The molecule has 4 atom stereocenters. The lowest BCUT2D eigenvalue weighted by Crippen LogP contribution is -2.63. The van der Waals surface area contributed by atoms with E-state index >= 15 is 0 Å². The van der Waals surface area contributed by atoms with E-state index in [1.165, 1.54) is 20.8 Å². The molecule has 6 nitrogen and oxygen atoms in total. The Labute approximate surface area is 196 Å². The number of esters is 3. The van der Waals surface area contributed by atoms with Crippen LogP contribution in [0, 0.1) is 5.92 Å². The minimum atomic E-state index is -2.80. The van der Waals surface area contributed by atoms with Crippen LogP contribution < -0.4 is 10.4 Å². The molecule has 2 aromatic carbocycles. The Morgan fingerprint density at radius 2 is 1.27 bits per heavy atom. The molecular weight excluding hydrogens is 436 g/mol. The van der Waals surface area contributed by atoms with Crippen LogP contribution in [0.5, 0.6) is 0 Å². The molecular formula is C26H32O6Si. The first-order chi connectivity index (χ1) is 15.7. The van der Waals surface area contributed by atoms with Crippen molar-refractivity contribution in [2.45, 2.75) is 64.5 Å². The Kier molecular flexibility index (Phi) is 7.74. The summed E-state index contributed by atoms with van der Waals surface area (Å²) < 4.78 is 17.6. The van der Waals surface area contributed by atoms with Crippen molar-refractivity contribution >= 4 is 36.4 Å². The third-order valence-corrected chi connectivity index (χ3v) is 11.9. The quantitative estimate of drug-likeness (QED) is 0.353. The van der Waals surface area contributed by atoms with Crippen LogP contribution in [0.1, 0.15) is 34.6 Å². The van der Waals surface area contributed by atoms with Crippen LogP contribution in [0.25, 0.3) is 0 Å². The smallest absolute Gasteiger partial charge is 0.303 e. The van der Waals surface area contributed by atoms with Gasteiger partial charge in [-0.3, -0.25) is 14.4 Å². The zero-order valence-electron chi connectivity index (χ0n) is 19.8. The molecule has 2 aromatic rings. The Bertz CT molecular complexity index is 935. The first-order valence-electron chi connectivity index (χ1n) is 11.3. The lowest BCUT2D eigenvalue weighted by Gasteiger charge is -2.41. The van der Waals surface area contributed by atoms with Gasteiger partial charge in [-0.1, -0.05) is 84.9 Å². The van der Waals surface area contributed by atoms with Crippen LogP contribution in [0.4, 0.5) is 0 Å². The van der Waals surface area contributed by atoms with E-state index in [9.17, 15) is 14.4 Å². The standard InChI is InChI=1S/C26H32O6Si/c1-17(2)24(31-19(4)28)26-25(32-20(5)29)23(30-18(3)27)16-33(26,21-12-8-6-9-13-21)22-14-10-7-11-15-22/h6-15,17,23-26H,16H2,1-5H3/t23-,24+,25-,26+/m0/s1. The minimum absolute atomic E-state index is 0.0488. The maximum Gasteiger partial charge on any atom is 0.303 e. The number of benzene rings is 2. The maximum absolute atomic E-state index is 12.2. The molecule has 0 aliphatic carbocycles. The Hall–Kier alpha value is -2.93. The molecule has 0 amide bonds. The van der Waals surface area contributed by atoms with E-state index in [1.54, 1.807) is 0 Å². The number of carbonyl (C=O) groups is 3. The third-order valence-electron chi connectivity index (χ3n) is 6.32. The van der Waals surface area contributed by atoms with Crippen molar-refractivity contribution in [3.63, 3.8) is 0 Å². The molecule has 1 heterocycles. The molecule has 0 radical (unpaired) electrons. The van der Waals surface area contributed by atoms with Gasteiger partial charge in [-0.15, -0.1) is 0 Å². The fourth-order valence-corrected chi connectivity index (χ4v) is 11.5. The summed E-state index contributed by atoms with van der Waals surface area (Å²) in [6, 6.07) is 20.7. The van der Waals surface area contributed by atoms with Gasteiger partial charge >= 0.3 is 17.9 Å². The van der Waals surface area contributed by atoms with Gasteiger partial charge in [-0.2, -0.15) is 0 Å². The van der Waals surface area contributed by atoms with Crippen molar-refractivity contribution in [1.29, 1.82) is 0 Å². The molecule has 0 unspecified atom stereocenters. The Morgan fingerprint density at radius 1 is 0.788 bits per heavy atom. The zero-order chi connectivity index (χ0) is 24.2. The second-order valence-corrected chi connectivity index (χ2v) is 13.1. The normalized spacial score (nSPS) is 22.4. The van der Waals surface area contributed by atoms with Crippen LogP contribution in [0.2, 0.25) is 11.6 Å². The van der Waals surface area contributed by atoms with Crippen LogP contribution in [-0.2, 0) is 28.6 Å². The van der Waals surface area contributed by atoms with Gasteiger partial charge in [-0.05, 0) is 12.0 Å². The first kappa shape index (κ1) is 24.7. The summed E-state index contributed by atoms with van der Waals surface area (Å²) in [5, 5.41) is 2.23. The highest BCUT2D eigenvalue weighted by Gasteiger charge is 2.63. The van der Waals surface area contributed by atoms with Gasteiger partial charge in [0, 0.05) is 26.3 Å². The molecule has 3 rings (SSSR count). The van der Waals surface area contributed by atoms with Gasteiger partial charge < -0.3 is 14.2 Å². The summed E-state index contributed by atoms with van der Waals surface area (Å²) in [4.78, 5) is 36.5. The van der Waals surface area contributed by atoms with E-state index in [4.69, 9.17) is 14.2 Å². The van der Waals surface area contributed by atoms with Crippen molar-refractivity contribution in [1.82, 2.24) is 0 Å². The second-order valence-electron chi connectivity index (χ2n) is 8.97. The summed E-state index contributed by atoms with van der Waals surface area (Å²) in [5.74, 6) is -1.34. The van der Waals surface area contributed by atoms with E-state index in [0.29, 0.717) is 6.04 Å². The second kappa shape index (κ2) is 10.3. The largest absolute Gasteiger partial charge is 0.462 e. The molecule has 0 aromatic heterocycles. The molecule has 176 valence electrons.